The minimum atomic E-state index is -0.773. The number of aromatic nitrogens is 3. The Kier molecular flexibility index (Phi) is 5.46. The number of benzene rings is 2. The van der Waals surface area contributed by atoms with E-state index in [1.807, 2.05) is 18.2 Å². The first kappa shape index (κ1) is 23.3. The molecule has 4 saturated carbocycles. The van der Waals surface area contributed by atoms with E-state index in [9.17, 15) is 18.7 Å². The van der Waals surface area contributed by atoms with E-state index in [2.05, 4.69) is 22.4 Å². The number of anilines is 1. The number of carboxylic acids is 1. The van der Waals surface area contributed by atoms with Gasteiger partial charge in [-0.2, -0.15) is 0 Å². The average molecular weight is 515 g/mol. The molecule has 2 heterocycles. The Labute approximate surface area is 218 Å². The molecule has 194 valence electrons. The van der Waals surface area contributed by atoms with Gasteiger partial charge in [0.05, 0.1) is 17.1 Å². The Morgan fingerprint density at radius 3 is 2.39 bits per heavy atom. The monoisotopic (exact) mass is 514 g/mol. The zero-order valence-electron chi connectivity index (χ0n) is 20.8. The number of carbonyl (C=O) groups is 1. The lowest BCUT2D eigenvalue weighted by molar-refractivity contribution is -0.148. The maximum absolute atomic E-state index is 14.4. The number of H-pyrrole nitrogens is 1. The summed E-state index contributed by atoms with van der Waals surface area (Å²) in [5.41, 5.74) is 3.55. The first-order chi connectivity index (χ1) is 18.4. The van der Waals surface area contributed by atoms with E-state index >= 15 is 0 Å². The van der Waals surface area contributed by atoms with Gasteiger partial charge in [0.2, 0.25) is 0 Å². The molecule has 0 radical (unpaired) electrons. The Morgan fingerprint density at radius 1 is 0.947 bits per heavy atom. The summed E-state index contributed by atoms with van der Waals surface area (Å²) in [6.45, 7) is 0. The number of hydrogen-bond acceptors (Lipinski definition) is 4. The molecule has 0 spiro atoms. The van der Waals surface area contributed by atoms with Crippen LogP contribution in [-0.4, -0.2) is 32.1 Å². The Morgan fingerprint density at radius 2 is 1.68 bits per heavy atom. The summed E-state index contributed by atoms with van der Waals surface area (Å²) < 4.78 is 28.6. The first-order valence-electron chi connectivity index (χ1n) is 13.4. The highest BCUT2D eigenvalue weighted by atomic mass is 19.1. The van der Waals surface area contributed by atoms with E-state index in [0.717, 1.165) is 37.3 Å². The minimum Gasteiger partial charge on any atom is -0.481 e. The van der Waals surface area contributed by atoms with Crippen molar-refractivity contribution in [1.29, 1.82) is 0 Å². The molecule has 8 rings (SSSR count). The van der Waals surface area contributed by atoms with E-state index < -0.39 is 23.5 Å². The number of carboxylic acid groups (broad SMARTS) is 1. The molecular weight excluding hydrogens is 486 g/mol. The Balaban J connectivity index is 1.33. The van der Waals surface area contributed by atoms with Crippen molar-refractivity contribution in [3.05, 3.63) is 65.9 Å². The average Bonchev–Trinajstić information content (AvgIpc) is 3.68. The fraction of sp³-hybridized carbons (Fsp3) is 0.367. The largest absolute Gasteiger partial charge is 0.481 e. The van der Waals surface area contributed by atoms with Gasteiger partial charge >= 0.3 is 5.97 Å². The van der Waals surface area contributed by atoms with Crippen molar-refractivity contribution in [3.8, 4) is 22.6 Å². The van der Waals surface area contributed by atoms with E-state index in [1.165, 1.54) is 24.5 Å². The molecule has 4 aromatic rings. The maximum Gasteiger partial charge on any atom is 0.308 e. The van der Waals surface area contributed by atoms with Gasteiger partial charge < -0.3 is 15.4 Å². The van der Waals surface area contributed by atoms with Gasteiger partial charge in [-0.25, -0.2) is 18.7 Å². The first-order valence-corrected chi connectivity index (χ1v) is 13.4. The van der Waals surface area contributed by atoms with Crippen LogP contribution in [0.25, 0.3) is 33.5 Å². The Bertz CT molecular complexity index is 1540. The molecule has 2 bridgehead atoms. The van der Waals surface area contributed by atoms with Crippen LogP contribution in [0, 0.1) is 29.4 Å². The van der Waals surface area contributed by atoms with Crippen molar-refractivity contribution in [3.63, 3.8) is 0 Å². The molecule has 0 unspecified atom stereocenters. The molecule has 4 fully saturated rings. The highest BCUT2D eigenvalue weighted by Crippen LogP contribution is 2.46. The SMILES string of the molecule is O=C(O)[C@@H]1C2CCC(CC2)[C@H]1Nc1cc(-c2ccc(C3CC3)cc2)nc(-c2c[nH]c3c(F)cc(F)cc23)n1. The van der Waals surface area contributed by atoms with Crippen LogP contribution in [0.2, 0.25) is 0 Å². The molecule has 4 aliphatic carbocycles. The summed E-state index contributed by atoms with van der Waals surface area (Å²) in [5, 5.41) is 13.9. The van der Waals surface area contributed by atoms with E-state index in [4.69, 9.17) is 9.97 Å². The highest BCUT2D eigenvalue weighted by Gasteiger charge is 2.47. The summed E-state index contributed by atoms with van der Waals surface area (Å²) in [6, 6.07) is 12.1. The third-order valence-electron chi connectivity index (χ3n) is 8.75. The van der Waals surface area contributed by atoms with Gasteiger partial charge in [0, 0.05) is 40.9 Å². The highest BCUT2D eigenvalue weighted by molar-refractivity contribution is 5.94. The second-order valence-electron chi connectivity index (χ2n) is 11.1. The molecule has 8 heteroatoms. The standard InChI is InChI=1S/C30H28F2N4O2/c31-20-11-21-22(14-33-28(21)23(32)12-20)29-34-24(17-5-3-16(4-6-17)15-1-2-15)13-25(36-29)35-27-19-9-7-18(8-10-19)26(27)30(37)38/h3-6,11-15,18-19,26-27,33H,1-2,7-10H2,(H,37,38)(H,34,35,36)/t18?,19?,26-,27-/m1/s1. The van der Waals surface area contributed by atoms with Crippen molar-refractivity contribution in [2.24, 2.45) is 17.8 Å². The van der Waals surface area contributed by atoms with Crippen molar-refractivity contribution in [1.82, 2.24) is 15.0 Å². The molecule has 2 atom stereocenters. The number of fused-ring (bicyclic) bond motifs is 4. The van der Waals surface area contributed by atoms with Crippen LogP contribution < -0.4 is 5.32 Å². The van der Waals surface area contributed by atoms with Crippen LogP contribution in [0.15, 0.2) is 48.7 Å². The van der Waals surface area contributed by atoms with E-state index in [0.29, 0.717) is 34.2 Å². The summed E-state index contributed by atoms with van der Waals surface area (Å²) in [7, 11) is 0. The molecule has 0 aliphatic heterocycles. The molecule has 0 amide bonds. The minimum absolute atomic E-state index is 0.158. The number of nitrogens with zero attached hydrogens (tertiary/aromatic N) is 2. The predicted octanol–water partition coefficient (Wildman–Crippen LogP) is 6.75. The predicted molar refractivity (Wildman–Crippen MR) is 141 cm³/mol. The summed E-state index contributed by atoms with van der Waals surface area (Å²) >= 11 is 0. The lowest BCUT2D eigenvalue weighted by Gasteiger charge is -2.47. The van der Waals surface area contributed by atoms with Crippen molar-refractivity contribution < 1.29 is 18.7 Å². The lowest BCUT2D eigenvalue weighted by Crippen LogP contribution is -2.51. The van der Waals surface area contributed by atoms with E-state index in [-0.39, 0.29) is 23.4 Å². The number of aliphatic carboxylic acids is 1. The molecule has 0 saturated heterocycles. The number of nitrogens with one attached hydrogen (secondary N) is 2. The molecule has 2 aromatic carbocycles. The molecule has 6 nitrogen and oxygen atoms in total. The summed E-state index contributed by atoms with van der Waals surface area (Å²) in [5.74, 6) is -0.715. The maximum atomic E-state index is 14.4. The van der Waals surface area contributed by atoms with Gasteiger partial charge in [-0.05, 0) is 67.9 Å². The summed E-state index contributed by atoms with van der Waals surface area (Å²) in [6.07, 6.45) is 7.91. The number of rotatable bonds is 6. The van der Waals surface area contributed by atoms with Crippen LogP contribution in [0.4, 0.5) is 14.6 Å². The van der Waals surface area contributed by atoms with Gasteiger partial charge in [-0.15, -0.1) is 0 Å². The van der Waals surface area contributed by atoms with Crippen LogP contribution >= 0.6 is 0 Å². The van der Waals surface area contributed by atoms with Gasteiger partial charge in [-0.3, -0.25) is 4.79 Å². The second-order valence-corrected chi connectivity index (χ2v) is 11.1. The van der Waals surface area contributed by atoms with Gasteiger partial charge in [0.15, 0.2) is 5.82 Å². The molecule has 3 N–H and O–H groups in total. The van der Waals surface area contributed by atoms with Crippen molar-refractivity contribution in [2.75, 3.05) is 5.32 Å². The van der Waals surface area contributed by atoms with Gasteiger partial charge in [0.25, 0.3) is 0 Å². The second kappa shape index (κ2) is 8.89. The smallest absolute Gasteiger partial charge is 0.308 e. The molecular formula is C30H28F2N4O2. The molecule has 38 heavy (non-hydrogen) atoms. The number of halogens is 2. The van der Waals surface area contributed by atoms with Crippen LogP contribution in [0.5, 0.6) is 0 Å². The molecule has 4 aliphatic rings. The normalized spacial score (nSPS) is 24.6. The topological polar surface area (TPSA) is 90.9 Å². The van der Waals surface area contributed by atoms with Gasteiger partial charge in [0.1, 0.15) is 17.5 Å². The lowest BCUT2D eigenvalue weighted by atomic mass is 9.61. The van der Waals surface area contributed by atoms with Gasteiger partial charge in [-0.1, -0.05) is 24.3 Å². The Hall–Kier alpha value is -3.81. The number of aromatic amines is 1. The van der Waals surface area contributed by atoms with Crippen LogP contribution in [0.3, 0.4) is 0 Å². The molecule has 2 aromatic heterocycles. The zero-order chi connectivity index (χ0) is 26.0. The van der Waals surface area contributed by atoms with Crippen LogP contribution in [0.1, 0.15) is 50.0 Å². The quantitative estimate of drug-likeness (QED) is 0.265. The van der Waals surface area contributed by atoms with Crippen molar-refractivity contribution in [2.45, 2.75) is 50.5 Å². The fourth-order valence-corrected chi connectivity index (χ4v) is 6.66. The third kappa shape index (κ3) is 4.03. The third-order valence-corrected chi connectivity index (χ3v) is 8.75. The fourth-order valence-electron chi connectivity index (χ4n) is 6.66. The zero-order valence-corrected chi connectivity index (χ0v) is 20.8. The van der Waals surface area contributed by atoms with Crippen molar-refractivity contribution >= 4 is 22.7 Å². The number of hydrogen-bond donors (Lipinski definition) is 3. The van der Waals surface area contributed by atoms with Crippen LogP contribution in [-0.2, 0) is 4.79 Å². The van der Waals surface area contributed by atoms with E-state index in [1.54, 1.807) is 6.20 Å². The summed E-state index contributed by atoms with van der Waals surface area (Å²) in [4.78, 5) is 24.7.